The third-order valence-electron chi connectivity index (χ3n) is 2.49. The first kappa shape index (κ1) is 8.24. The maximum Gasteiger partial charge on any atom is 0.188 e. The highest BCUT2D eigenvalue weighted by Crippen LogP contribution is 2.21. The van der Waals surface area contributed by atoms with Crippen LogP contribution in [0.5, 0.6) is 0 Å². The summed E-state index contributed by atoms with van der Waals surface area (Å²) in [6.45, 7) is 3.93. The first-order valence-corrected chi connectivity index (χ1v) is 4.49. The maximum atomic E-state index is 11.7. The standard InChI is InChI=1S/C12H12O/c1-8-3-6-11-10(7-8)5-4-9(2)12(11)13/h3-4,6-7H,5H2,1-2H3. The van der Waals surface area contributed by atoms with Crippen molar-refractivity contribution in [3.63, 3.8) is 0 Å². The van der Waals surface area contributed by atoms with Gasteiger partial charge in [0.15, 0.2) is 5.78 Å². The number of rotatable bonds is 0. The van der Waals surface area contributed by atoms with Crippen LogP contribution in [0.15, 0.2) is 29.8 Å². The highest BCUT2D eigenvalue weighted by molar-refractivity contribution is 6.10. The van der Waals surface area contributed by atoms with Crippen molar-refractivity contribution in [2.45, 2.75) is 20.3 Å². The molecule has 1 nitrogen and oxygen atoms in total. The Balaban J connectivity index is 2.56. The summed E-state index contributed by atoms with van der Waals surface area (Å²) in [5.41, 5.74) is 4.14. The van der Waals surface area contributed by atoms with Gasteiger partial charge in [-0.3, -0.25) is 4.79 Å². The van der Waals surface area contributed by atoms with Crippen LogP contribution in [0.3, 0.4) is 0 Å². The van der Waals surface area contributed by atoms with Crippen LogP contribution in [-0.4, -0.2) is 5.78 Å². The molecule has 13 heavy (non-hydrogen) atoms. The van der Waals surface area contributed by atoms with E-state index >= 15 is 0 Å². The van der Waals surface area contributed by atoms with Crippen molar-refractivity contribution < 1.29 is 4.79 Å². The zero-order chi connectivity index (χ0) is 9.42. The number of Topliss-reactive ketones (excluding diaryl/α,β-unsaturated/α-hetero) is 1. The number of fused-ring (bicyclic) bond motifs is 1. The molecule has 0 aliphatic heterocycles. The molecule has 0 unspecified atom stereocenters. The van der Waals surface area contributed by atoms with Crippen molar-refractivity contribution in [3.05, 3.63) is 46.5 Å². The second-order valence-corrected chi connectivity index (χ2v) is 3.58. The zero-order valence-electron chi connectivity index (χ0n) is 7.92. The molecule has 0 atom stereocenters. The summed E-state index contributed by atoms with van der Waals surface area (Å²) in [6, 6.07) is 6.02. The second kappa shape index (κ2) is 2.84. The molecule has 0 saturated heterocycles. The molecule has 0 heterocycles. The molecule has 1 aromatic carbocycles. The number of allylic oxidation sites excluding steroid dienone is 2. The molecular weight excluding hydrogens is 160 g/mol. The predicted octanol–water partition coefficient (Wildman–Crippen LogP) is 2.68. The third-order valence-corrected chi connectivity index (χ3v) is 2.49. The Labute approximate surface area is 78.1 Å². The van der Waals surface area contributed by atoms with E-state index in [9.17, 15) is 4.79 Å². The van der Waals surface area contributed by atoms with Crippen LogP contribution < -0.4 is 0 Å². The first-order valence-electron chi connectivity index (χ1n) is 4.49. The summed E-state index contributed by atoms with van der Waals surface area (Å²) in [4.78, 5) is 11.7. The Morgan fingerprint density at radius 2 is 2.00 bits per heavy atom. The third kappa shape index (κ3) is 1.31. The largest absolute Gasteiger partial charge is 0.289 e. The monoisotopic (exact) mass is 172 g/mol. The number of ketones is 1. The summed E-state index contributed by atoms with van der Waals surface area (Å²) in [6.07, 6.45) is 2.90. The second-order valence-electron chi connectivity index (χ2n) is 3.58. The van der Waals surface area contributed by atoms with Crippen molar-refractivity contribution >= 4 is 5.78 Å². The number of carbonyl (C=O) groups excluding carboxylic acids is 1. The fraction of sp³-hybridized carbons (Fsp3) is 0.250. The molecule has 0 radical (unpaired) electrons. The zero-order valence-corrected chi connectivity index (χ0v) is 7.92. The molecule has 0 saturated carbocycles. The average Bonchev–Trinajstić information content (AvgIpc) is 2.12. The number of benzene rings is 1. The molecule has 0 fully saturated rings. The molecule has 1 aromatic rings. The first-order chi connectivity index (χ1) is 6.18. The topological polar surface area (TPSA) is 17.1 Å². The SMILES string of the molecule is CC1=CCc2cc(C)ccc2C1=O. The van der Waals surface area contributed by atoms with E-state index < -0.39 is 0 Å². The maximum absolute atomic E-state index is 11.7. The molecule has 0 spiro atoms. The van der Waals surface area contributed by atoms with Gasteiger partial charge in [0.1, 0.15) is 0 Å². The summed E-state index contributed by atoms with van der Waals surface area (Å²) in [5.74, 6) is 0.182. The van der Waals surface area contributed by atoms with Crippen molar-refractivity contribution in [2.24, 2.45) is 0 Å². The minimum Gasteiger partial charge on any atom is -0.289 e. The molecule has 66 valence electrons. The molecule has 1 aliphatic rings. The minimum absolute atomic E-state index is 0.182. The van der Waals surface area contributed by atoms with Crippen LogP contribution in [0, 0.1) is 6.92 Å². The Bertz CT molecular complexity index is 400. The number of hydrogen-bond acceptors (Lipinski definition) is 1. The van der Waals surface area contributed by atoms with Crippen LogP contribution in [0.1, 0.15) is 28.4 Å². The molecule has 0 N–H and O–H groups in total. The predicted molar refractivity (Wildman–Crippen MR) is 53.0 cm³/mol. The fourth-order valence-electron chi connectivity index (χ4n) is 1.68. The normalized spacial score (nSPS) is 15.2. The van der Waals surface area contributed by atoms with Crippen molar-refractivity contribution in [1.82, 2.24) is 0 Å². The minimum atomic E-state index is 0.182. The highest BCUT2D eigenvalue weighted by Gasteiger charge is 2.16. The van der Waals surface area contributed by atoms with Gasteiger partial charge in [-0.25, -0.2) is 0 Å². The lowest BCUT2D eigenvalue weighted by Gasteiger charge is -2.13. The number of aryl methyl sites for hydroxylation is 1. The molecule has 0 aromatic heterocycles. The molecule has 0 bridgehead atoms. The Morgan fingerprint density at radius 3 is 2.77 bits per heavy atom. The van der Waals surface area contributed by atoms with Gasteiger partial charge < -0.3 is 0 Å². The van der Waals surface area contributed by atoms with Gasteiger partial charge in [-0.05, 0) is 31.4 Å². The van der Waals surface area contributed by atoms with Gasteiger partial charge in [0.05, 0.1) is 0 Å². The van der Waals surface area contributed by atoms with E-state index in [4.69, 9.17) is 0 Å². The number of hydrogen-bond donors (Lipinski definition) is 0. The van der Waals surface area contributed by atoms with Crippen molar-refractivity contribution in [1.29, 1.82) is 0 Å². The van der Waals surface area contributed by atoms with Gasteiger partial charge in [-0.15, -0.1) is 0 Å². The average molecular weight is 172 g/mol. The summed E-state index contributed by atoms with van der Waals surface area (Å²) < 4.78 is 0. The van der Waals surface area contributed by atoms with Crippen LogP contribution >= 0.6 is 0 Å². The lowest BCUT2D eigenvalue weighted by molar-refractivity contribution is 0.103. The molecule has 1 aliphatic carbocycles. The molecule has 2 rings (SSSR count). The molecule has 1 heteroatoms. The Hall–Kier alpha value is -1.37. The van der Waals surface area contributed by atoms with E-state index in [-0.39, 0.29) is 5.78 Å². The van der Waals surface area contributed by atoms with Crippen LogP contribution in [0.25, 0.3) is 0 Å². The molecule has 0 amide bonds. The van der Waals surface area contributed by atoms with Gasteiger partial charge in [0.25, 0.3) is 0 Å². The van der Waals surface area contributed by atoms with E-state index in [1.807, 2.05) is 25.1 Å². The van der Waals surface area contributed by atoms with E-state index in [1.54, 1.807) is 0 Å². The van der Waals surface area contributed by atoms with Crippen LogP contribution in [0.4, 0.5) is 0 Å². The van der Waals surface area contributed by atoms with Gasteiger partial charge in [0, 0.05) is 5.56 Å². The summed E-state index contributed by atoms with van der Waals surface area (Å²) in [5, 5.41) is 0. The lowest BCUT2D eigenvalue weighted by atomic mass is 9.90. The van der Waals surface area contributed by atoms with Crippen LogP contribution in [0.2, 0.25) is 0 Å². The van der Waals surface area contributed by atoms with E-state index in [2.05, 4.69) is 13.0 Å². The summed E-state index contributed by atoms with van der Waals surface area (Å²) in [7, 11) is 0. The van der Waals surface area contributed by atoms with E-state index in [0.717, 1.165) is 23.1 Å². The molecular formula is C12H12O. The van der Waals surface area contributed by atoms with E-state index in [0.29, 0.717) is 0 Å². The Kier molecular flexibility index (Phi) is 1.80. The van der Waals surface area contributed by atoms with Gasteiger partial charge in [-0.2, -0.15) is 0 Å². The fourth-order valence-corrected chi connectivity index (χ4v) is 1.68. The quantitative estimate of drug-likeness (QED) is 0.588. The highest BCUT2D eigenvalue weighted by atomic mass is 16.1. The van der Waals surface area contributed by atoms with Crippen LogP contribution in [-0.2, 0) is 6.42 Å². The smallest absolute Gasteiger partial charge is 0.188 e. The van der Waals surface area contributed by atoms with Crippen molar-refractivity contribution in [3.8, 4) is 0 Å². The van der Waals surface area contributed by atoms with E-state index in [1.165, 1.54) is 5.56 Å². The Morgan fingerprint density at radius 1 is 1.23 bits per heavy atom. The number of carbonyl (C=O) groups is 1. The van der Waals surface area contributed by atoms with Gasteiger partial charge in [-0.1, -0.05) is 29.8 Å². The summed E-state index contributed by atoms with van der Waals surface area (Å²) >= 11 is 0. The van der Waals surface area contributed by atoms with Gasteiger partial charge >= 0.3 is 0 Å². The van der Waals surface area contributed by atoms with Crippen molar-refractivity contribution in [2.75, 3.05) is 0 Å². The lowest BCUT2D eigenvalue weighted by Crippen LogP contribution is -2.10. The van der Waals surface area contributed by atoms with Gasteiger partial charge in [0.2, 0.25) is 0 Å².